The summed E-state index contributed by atoms with van der Waals surface area (Å²) in [5.74, 6) is -1.28. The molecule has 0 aliphatic carbocycles. The molecule has 0 unspecified atom stereocenters. The van der Waals surface area contributed by atoms with Gasteiger partial charge in [0.15, 0.2) is 0 Å². The smallest absolute Gasteiger partial charge is 0.323 e. The number of carbonyl (C=O) groups is 2. The number of carboxylic acid groups (broad SMARTS) is 1. The highest BCUT2D eigenvalue weighted by Crippen LogP contribution is 2.11. The number of benzene rings is 1. The molecule has 20 heavy (non-hydrogen) atoms. The number of hydrogen-bond acceptors (Lipinski definition) is 4. The van der Waals surface area contributed by atoms with E-state index in [1.54, 1.807) is 12.1 Å². The van der Waals surface area contributed by atoms with E-state index in [-0.39, 0.29) is 18.2 Å². The highest BCUT2D eigenvalue weighted by atomic mass is 16.4. The van der Waals surface area contributed by atoms with Gasteiger partial charge < -0.3 is 20.8 Å². The van der Waals surface area contributed by atoms with Gasteiger partial charge in [0.1, 0.15) is 12.3 Å². The molecule has 0 spiro atoms. The first-order valence-corrected chi connectivity index (χ1v) is 6.48. The maximum Gasteiger partial charge on any atom is 0.323 e. The van der Waals surface area contributed by atoms with Gasteiger partial charge in [-0.3, -0.25) is 9.59 Å². The fourth-order valence-corrected chi connectivity index (χ4v) is 1.91. The molecule has 4 N–H and O–H groups in total. The van der Waals surface area contributed by atoms with Gasteiger partial charge in [-0.15, -0.1) is 0 Å². The summed E-state index contributed by atoms with van der Waals surface area (Å²) < 4.78 is 0. The fraction of sp³-hybridized carbons (Fsp3) is 0.429. The number of nitrogens with two attached hydrogens (primary N) is 1. The summed E-state index contributed by atoms with van der Waals surface area (Å²) in [4.78, 5) is 24.1. The Morgan fingerprint density at radius 3 is 2.40 bits per heavy atom. The molecular formula is C14H20N2O4. The number of nitrogens with zero attached hydrogens (tertiary/aromatic N) is 1. The molecule has 0 aromatic heterocycles. The summed E-state index contributed by atoms with van der Waals surface area (Å²) in [5.41, 5.74) is 6.66. The van der Waals surface area contributed by atoms with Gasteiger partial charge in [-0.1, -0.05) is 19.1 Å². The van der Waals surface area contributed by atoms with Gasteiger partial charge in [0.25, 0.3) is 0 Å². The molecule has 0 saturated carbocycles. The van der Waals surface area contributed by atoms with Crippen LogP contribution in [0.3, 0.4) is 0 Å². The summed E-state index contributed by atoms with van der Waals surface area (Å²) >= 11 is 0. The van der Waals surface area contributed by atoms with Crippen molar-refractivity contribution in [2.45, 2.75) is 25.8 Å². The van der Waals surface area contributed by atoms with Crippen molar-refractivity contribution in [1.29, 1.82) is 0 Å². The SMILES string of the molecule is CCCN(CC(=O)O)C(=O)[C@H](N)Cc1ccc(O)cc1. The molecule has 0 bridgehead atoms. The molecule has 1 atom stereocenters. The second kappa shape index (κ2) is 7.49. The van der Waals surface area contributed by atoms with E-state index in [2.05, 4.69) is 0 Å². The largest absolute Gasteiger partial charge is 0.508 e. The van der Waals surface area contributed by atoms with E-state index in [0.717, 1.165) is 5.56 Å². The number of hydrogen-bond donors (Lipinski definition) is 3. The Bertz CT molecular complexity index is 459. The van der Waals surface area contributed by atoms with Gasteiger partial charge in [-0.2, -0.15) is 0 Å². The van der Waals surface area contributed by atoms with Crippen LogP contribution in [0.25, 0.3) is 0 Å². The topological polar surface area (TPSA) is 104 Å². The van der Waals surface area contributed by atoms with Crippen molar-refractivity contribution in [3.8, 4) is 5.75 Å². The molecule has 1 amide bonds. The minimum absolute atomic E-state index is 0.145. The zero-order chi connectivity index (χ0) is 15.1. The molecule has 1 aromatic carbocycles. The van der Waals surface area contributed by atoms with Gasteiger partial charge in [0.2, 0.25) is 5.91 Å². The number of carbonyl (C=O) groups excluding carboxylic acids is 1. The van der Waals surface area contributed by atoms with Gasteiger partial charge in [-0.25, -0.2) is 0 Å². The summed E-state index contributed by atoms with van der Waals surface area (Å²) in [6.45, 7) is 1.90. The van der Waals surface area contributed by atoms with Crippen LogP contribution in [0.15, 0.2) is 24.3 Å². The van der Waals surface area contributed by atoms with E-state index in [0.29, 0.717) is 19.4 Å². The fourth-order valence-electron chi connectivity index (χ4n) is 1.91. The first-order chi connectivity index (χ1) is 9.43. The number of phenolic OH excluding ortho intramolecular Hbond substituents is 1. The van der Waals surface area contributed by atoms with Gasteiger partial charge in [-0.05, 0) is 30.5 Å². The minimum Gasteiger partial charge on any atom is -0.508 e. The van der Waals surface area contributed by atoms with Crippen molar-refractivity contribution in [3.63, 3.8) is 0 Å². The quantitative estimate of drug-likeness (QED) is 0.678. The molecule has 0 fully saturated rings. The molecule has 0 saturated heterocycles. The Labute approximate surface area is 117 Å². The Morgan fingerprint density at radius 1 is 1.30 bits per heavy atom. The number of rotatable bonds is 7. The average Bonchev–Trinajstić information content (AvgIpc) is 2.39. The van der Waals surface area contributed by atoms with Crippen molar-refractivity contribution >= 4 is 11.9 Å². The highest BCUT2D eigenvalue weighted by molar-refractivity contribution is 5.85. The number of amides is 1. The Hall–Kier alpha value is -2.08. The van der Waals surface area contributed by atoms with Crippen LogP contribution in [0.1, 0.15) is 18.9 Å². The van der Waals surface area contributed by atoms with Gasteiger partial charge in [0, 0.05) is 6.54 Å². The molecule has 0 aliphatic rings. The van der Waals surface area contributed by atoms with E-state index >= 15 is 0 Å². The van der Waals surface area contributed by atoms with Crippen LogP contribution < -0.4 is 5.73 Å². The summed E-state index contributed by atoms with van der Waals surface area (Å²) in [7, 11) is 0. The molecule has 0 aliphatic heterocycles. The third-order valence-corrected chi connectivity index (χ3v) is 2.84. The van der Waals surface area contributed by atoms with Crippen LogP contribution in [0.2, 0.25) is 0 Å². The van der Waals surface area contributed by atoms with Crippen LogP contribution in [-0.2, 0) is 16.0 Å². The van der Waals surface area contributed by atoms with Crippen molar-refractivity contribution in [2.75, 3.05) is 13.1 Å². The van der Waals surface area contributed by atoms with E-state index in [4.69, 9.17) is 10.8 Å². The Kier molecular flexibility index (Phi) is 5.99. The summed E-state index contributed by atoms with van der Waals surface area (Å²) in [5, 5.41) is 18.0. The van der Waals surface area contributed by atoms with Gasteiger partial charge >= 0.3 is 5.97 Å². The Balaban J connectivity index is 2.67. The number of phenols is 1. The minimum atomic E-state index is -1.05. The Morgan fingerprint density at radius 2 is 1.90 bits per heavy atom. The van der Waals surface area contributed by atoms with Crippen LogP contribution in [0.4, 0.5) is 0 Å². The van der Waals surface area contributed by atoms with Gasteiger partial charge in [0.05, 0.1) is 6.04 Å². The average molecular weight is 280 g/mol. The van der Waals surface area contributed by atoms with Crippen molar-refractivity contribution in [2.24, 2.45) is 5.73 Å². The summed E-state index contributed by atoms with van der Waals surface area (Å²) in [6, 6.07) is 5.62. The predicted molar refractivity (Wildman–Crippen MR) is 74.3 cm³/mol. The predicted octanol–water partition coefficient (Wildman–Crippen LogP) is 0.585. The second-order valence-corrected chi connectivity index (χ2v) is 4.63. The lowest BCUT2D eigenvalue weighted by Gasteiger charge is -2.23. The monoisotopic (exact) mass is 280 g/mol. The molecule has 110 valence electrons. The first kappa shape index (κ1) is 16.0. The number of carboxylic acids is 1. The van der Waals surface area contributed by atoms with Crippen LogP contribution >= 0.6 is 0 Å². The molecule has 1 rings (SSSR count). The van der Waals surface area contributed by atoms with E-state index in [1.807, 2.05) is 6.92 Å². The number of aliphatic carboxylic acids is 1. The van der Waals surface area contributed by atoms with Crippen LogP contribution in [0, 0.1) is 0 Å². The summed E-state index contributed by atoms with van der Waals surface area (Å²) in [6.07, 6.45) is 0.976. The van der Waals surface area contributed by atoms with Crippen molar-refractivity contribution in [1.82, 2.24) is 4.90 Å². The molecule has 6 heteroatoms. The first-order valence-electron chi connectivity index (χ1n) is 6.48. The standard InChI is InChI=1S/C14H20N2O4/c1-2-7-16(9-13(18)19)14(20)12(15)8-10-3-5-11(17)6-4-10/h3-6,12,17H,2,7-9,15H2,1H3,(H,18,19)/t12-/m1/s1. The molecule has 0 radical (unpaired) electrons. The number of aromatic hydroxyl groups is 1. The third-order valence-electron chi connectivity index (χ3n) is 2.84. The van der Waals surface area contributed by atoms with Crippen LogP contribution in [0.5, 0.6) is 5.75 Å². The second-order valence-electron chi connectivity index (χ2n) is 4.63. The lowest BCUT2D eigenvalue weighted by atomic mass is 10.1. The molecule has 6 nitrogen and oxygen atoms in total. The molecular weight excluding hydrogens is 260 g/mol. The van der Waals surface area contributed by atoms with E-state index in [9.17, 15) is 14.7 Å². The van der Waals surface area contributed by atoms with Crippen molar-refractivity contribution < 1.29 is 19.8 Å². The van der Waals surface area contributed by atoms with Crippen LogP contribution in [-0.4, -0.2) is 46.1 Å². The third kappa shape index (κ3) is 4.89. The van der Waals surface area contributed by atoms with E-state index in [1.165, 1.54) is 17.0 Å². The highest BCUT2D eigenvalue weighted by Gasteiger charge is 2.22. The lowest BCUT2D eigenvalue weighted by Crippen LogP contribution is -2.47. The maximum atomic E-state index is 12.1. The maximum absolute atomic E-state index is 12.1. The van der Waals surface area contributed by atoms with E-state index < -0.39 is 12.0 Å². The molecule has 1 aromatic rings. The normalized spacial score (nSPS) is 11.9. The van der Waals surface area contributed by atoms with Crippen molar-refractivity contribution in [3.05, 3.63) is 29.8 Å². The zero-order valence-electron chi connectivity index (χ0n) is 11.5. The molecule has 0 heterocycles. The zero-order valence-corrected chi connectivity index (χ0v) is 11.5. The lowest BCUT2D eigenvalue weighted by molar-refractivity contribution is -0.145.